The number of likely N-dealkylation sites (tertiary alicyclic amines) is 2. The Hall–Kier alpha value is -2.67. The van der Waals surface area contributed by atoms with Crippen molar-refractivity contribution in [3.8, 4) is 0 Å². The first-order chi connectivity index (χ1) is 15.2. The summed E-state index contributed by atoms with van der Waals surface area (Å²) in [5.41, 5.74) is 2.42. The predicted molar refractivity (Wildman–Crippen MR) is 124 cm³/mol. The minimum Gasteiger partial charge on any atom is -0.370 e. The maximum atomic E-state index is 11.7. The van der Waals surface area contributed by atoms with Crippen LogP contribution in [0.25, 0.3) is 0 Å². The van der Waals surface area contributed by atoms with E-state index in [1.165, 1.54) is 5.56 Å². The van der Waals surface area contributed by atoms with Crippen LogP contribution in [-0.4, -0.2) is 64.4 Å². The third-order valence-corrected chi connectivity index (χ3v) is 6.21. The van der Waals surface area contributed by atoms with Crippen molar-refractivity contribution in [3.63, 3.8) is 0 Å². The van der Waals surface area contributed by atoms with Crippen LogP contribution in [0.4, 0.5) is 11.8 Å². The van der Waals surface area contributed by atoms with E-state index in [4.69, 9.17) is 4.98 Å². The number of carbonyl (C=O) groups is 1. The maximum Gasteiger partial charge on any atom is 0.224 e. The van der Waals surface area contributed by atoms with E-state index < -0.39 is 0 Å². The molecule has 31 heavy (non-hydrogen) atoms. The number of carbonyl (C=O) groups excluding carboxylic acids is 1. The van der Waals surface area contributed by atoms with Gasteiger partial charge in [-0.1, -0.05) is 30.3 Å². The van der Waals surface area contributed by atoms with Crippen LogP contribution in [0, 0.1) is 6.92 Å². The van der Waals surface area contributed by atoms with Crippen LogP contribution in [0.1, 0.15) is 43.2 Å². The van der Waals surface area contributed by atoms with Crippen molar-refractivity contribution in [1.82, 2.24) is 19.8 Å². The number of anilines is 2. The van der Waals surface area contributed by atoms with Crippen LogP contribution in [0.3, 0.4) is 0 Å². The Balaban J connectivity index is 1.21. The SMILES string of the molecule is Cc1cnc(NC2CCN(Cc3ccccc3)CC2)nc1NCCCN1CCCC1=O. The lowest BCUT2D eigenvalue weighted by atomic mass is 10.0. The van der Waals surface area contributed by atoms with Crippen molar-refractivity contribution in [2.45, 2.75) is 51.6 Å². The highest BCUT2D eigenvalue weighted by atomic mass is 16.2. The predicted octanol–water partition coefficient (Wildman–Crippen LogP) is 3.29. The van der Waals surface area contributed by atoms with Crippen LogP contribution in [0.2, 0.25) is 0 Å². The molecule has 2 N–H and O–H groups in total. The molecule has 0 atom stereocenters. The van der Waals surface area contributed by atoms with Gasteiger partial charge in [0.05, 0.1) is 0 Å². The highest BCUT2D eigenvalue weighted by Gasteiger charge is 2.21. The minimum atomic E-state index is 0.291. The van der Waals surface area contributed by atoms with Crippen LogP contribution >= 0.6 is 0 Å². The van der Waals surface area contributed by atoms with Gasteiger partial charge in [-0.05, 0) is 38.2 Å². The summed E-state index contributed by atoms with van der Waals surface area (Å²) in [6.45, 7) is 7.74. The zero-order valence-electron chi connectivity index (χ0n) is 18.5. The number of nitrogens with zero attached hydrogens (tertiary/aromatic N) is 4. The second-order valence-corrected chi connectivity index (χ2v) is 8.67. The summed E-state index contributed by atoms with van der Waals surface area (Å²) in [7, 11) is 0. The zero-order chi connectivity index (χ0) is 21.5. The highest BCUT2D eigenvalue weighted by molar-refractivity contribution is 5.78. The summed E-state index contributed by atoms with van der Waals surface area (Å²) in [4.78, 5) is 25.4. The van der Waals surface area contributed by atoms with Crippen molar-refractivity contribution in [1.29, 1.82) is 0 Å². The molecule has 1 aromatic heterocycles. The summed E-state index contributed by atoms with van der Waals surface area (Å²) < 4.78 is 0. The molecule has 7 nitrogen and oxygen atoms in total. The van der Waals surface area contributed by atoms with Crippen LogP contribution in [0.5, 0.6) is 0 Å². The summed E-state index contributed by atoms with van der Waals surface area (Å²) >= 11 is 0. The van der Waals surface area contributed by atoms with E-state index in [2.05, 4.69) is 50.8 Å². The van der Waals surface area contributed by atoms with Crippen LogP contribution in [0.15, 0.2) is 36.5 Å². The summed E-state index contributed by atoms with van der Waals surface area (Å²) in [6.07, 6.45) is 6.70. The molecule has 7 heteroatoms. The number of amides is 1. The zero-order valence-corrected chi connectivity index (χ0v) is 18.5. The number of aromatic nitrogens is 2. The van der Waals surface area contributed by atoms with Crippen molar-refractivity contribution in [2.24, 2.45) is 0 Å². The Morgan fingerprint density at radius 2 is 1.94 bits per heavy atom. The number of piperidine rings is 1. The van der Waals surface area contributed by atoms with Crippen molar-refractivity contribution in [3.05, 3.63) is 47.7 Å². The van der Waals surface area contributed by atoms with Gasteiger partial charge in [-0.25, -0.2) is 4.98 Å². The topological polar surface area (TPSA) is 73.4 Å². The van der Waals surface area contributed by atoms with Gasteiger partial charge in [-0.3, -0.25) is 9.69 Å². The van der Waals surface area contributed by atoms with E-state index in [1.807, 2.05) is 18.0 Å². The Labute approximate surface area is 185 Å². The first-order valence-electron chi connectivity index (χ1n) is 11.6. The summed E-state index contributed by atoms with van der Waals surface area (Å²) in [6, 6.07) is 11.1. The van der Waals surface area contributed by atoms with Crippen LogP contribution < -0.4 is 10.6 Å². The second kappa shape index (κ2) is 10.6. The normalized spacial score (nSPS) is 17.8. The molecule has 0 spiro atoms. The molecule has 0 saturated carbocycles. The fourth-order valence-corrected chi connectivity index (χ4v) is 4.37. The molecule has 3 heterocycles. The third-order valence-electron chi connectivity index (χ3n) is 6.21. The van der Waals surface area contributed by atoms with Crippen molar-refractivity contribution in [2.75, 3.05) is 43.4 Å². The Bertz CT molecular complexity index is 850. The van der Waals surface area contributed by atoms with Crippen LogP contribution in [-0.2, 0) is 11.3 Å². The Morgan fingerprint density at radius 3 is 2.68 bits per heavy atom. The molecule has 2 aliphatic rings. The first kappa shape index (κ1) is 21.6. The average Bonchev–Trinajstić information content (AvgIpc) is 3.20. The Morgan fingerprint density at radius 1 is 1.13 bits per heavy atom. The maximum absolute atomic E-state index is 11.7. The van der Waals surface area contributed by atoms with E-state index in [0.717, 1.165) is 76.3 Å². The van der Waals surface area contributed by atoms with Gasteiger partial charge in [0, 0.05) is 63.5 Å². The molecule has 0 aliphatic carbocycles. The van der Waals surface area contributed by atoms with E-state index in [1.54, 1.807) is 0 Å². The molecular formula is C24H34N6O. The molecule has 2 aromatic rings. The van der Waals surface area contributed by atoms with Gasteiger partial charge < -0.3 is 15.5 Å². The van der Waals surface area contributed by atoms with Gasteiger partial charge in [0.2, 0.25) is 11.9 Å². The fraction of sp³-hybridized carbons (Fsp3) is 0.542. The number of benzene rings is 1. The fourth-order valence-electron chi connectivity index (χ4n) is 4.37. The molecule has 0 bridgehead atoms. The molecule has 2 saturated heterocycles. The smallest absolute Gasteiger partial charge is 0.224 e. The number of hydrogen-bond acceptors (Lipinski definition) is 6. The lowest BCUT2D eigenvalue weighted by Gasteiger charge is -2.32. The second-order valence-electron chi connectivity index (χ2n) is 8.67. The molecule has 1 aromatic carbocycles. The molecule has 1 amide bonds. The standard InChI is InChI=1S/C24H34N6O/c1-19-17-26-24(28-23(19)25-12-6-14-30-13-5-9-22(30)31)27-21-10-15-29(16-11-21)18-20-7-3-2-4-8-20/h2-4,7-8,17,21H,5-6,9-16,18H2,1H3,(H2,25,26,27,28). The third kappa shape index (κ3) is 6.17. The Kier molecular flexibility index (Phi) is 7.35. The van der Waals surface area contributed by atoms with E-state index in [9.17, 15) is 4.79 Å². The lowest BCUT2D eigenvalue weighted by Crippen LogP contribution is -2.39. The molecule has 0 unspecified atom stereocenters. The molecule has 0 radical (unpaired) electrons. The van der Waals surface area contributed by atoms with Gasteiger partial charge in [0.25, 0.3) is 0 Å². The molecule has 166 valence electrons. The summed E-state index contributed by atoms with van der Waals surface area (Å²) in [5, 5.41) is 6.96. The molecule has 2 aliphatic heterocycles. The van der Waals surface area contributed by atoms with E-state index in [-0.39, 0.29) is 0 Å². The number of hydrogen-bond donors (Lipinski definition) is 2. The summed E-state index contributed by atoms with van der Waals surface area (Å²) in [5.74, 6) is 1.87. The monoisotopic (exact) mass is 422 g/mol. The van der Waals surface area contributed by atoms with Gasteiger partial charge >= 0.3 is 0 Å². The lowest BCUT2D eigenvalue weighted by molar-refractivity contribution is -0.127. The largest absolute Gasteiger partial charge is 0.370 e. The van der Waals surface area contributed by atoms with Gasteiger partial charge in [-0.15, -0.1) is 0 Å². The van der Waals surface area contributed by atoms with Gasteiger partial charge in [0.1, 0.15) is 5.82 Å². The first-order valence-corrected chi connectivity index (χ1v) is 11.6. The number of aryl methyl sites for hydroxylation is 1. The minimum absolute atomic E-state index is 0.291. The molecule has 4 rings (SSSR count). The van der Waals surface area contributed by atoms with Gasteiger partial charge in [0.15, 0.2) is 0 Å². The van der Waals surface area contributed by atoms with E-state index in [0.29, 0.717) is 24.3 Å². The van der Waals surface area contributed by atoms with Crippen molar-refractivity contribution < 1.29 is 4.79 Å². The van der Waals surface area contributed by atoms with E-state index >= 15 is 0 Å². The quantitative estimate of drug-likeness (QED) is 0.604. The molecular weight excluding hydrogens is 388 g/mol. The average molecular weight is 423 g/mol. The number of nitrogens with one attached hydrogen (secondary N) is 2. The van der Waals surface area contributed by atoms with Gasteiger partial charge in [-0.2, -0.15) is 4.98 Å². The number of rotatable bonds is 9. The highest BCUT2D eigenvalue weighted by Crippen LogP contribution is 2.19. The molecule has 2 fully saturated rings. The van der Waals surface area contributed by atoms with Crippen molar-refractivity contribution >= 4 is 17.7 Å².